The number of unbranched alkanes of at least 4 members (excludes halogenated alkanes) is 35. The summed E-state index contributed by atoms with van der Waals surface area (Å²) in [5.41, 5.74) is 0. The lowest BCUT2D eigenvalue weighted by Gasteiger charge is -2.14. The number of hydrogen-bond acceptors (Lipinski definition) is 0. The third-order valence-electron chi connectivity index (χ3n) is 10.8. The molecule has 266 valence electrons. The van der Waals surface area contributed by atoms with Crippen LogP contribution in [-0.2, 0) is 0 Å². The molecule has 0 heteroatoms. The fourth-order valence-corrected chi connectivity index (χ4v) is 7.40. The molecule has 0 rings (SSSR count). The van der Waals surface area contributed by atoms with Crippen LogP contribution in [0.15, 0.2) is 0 Å². The molecule has 0 spiro atoms. The Kier molecular flexibility index (Phi) is 41.0. The van der Waals surface area contributed by atoms with Gasteiger partial charge in [0.1, 0.15) is 0 Å². The second kappa shape index (κ2) is 41.0. The van der Waals surface area contributed by atoms with Crippen LogP contribution in [0.4, 0.5) is 0 Å². The second-order valence-electron chi connectivity index (χ2n) is 15.2. The van der Waals surface area contributed by atoms with Crippen LogP contribution < -0.4 is 0 Å². The average molecular weight is 619 g/mol. The van der Waals surface area contributed by atoms with Crippen molar-refractivity contribution in [3.8, 4) is 0 Å². The molecule has 0 bridgehead atoms. The summed E-state index contributed by atoms with van der Waals surface area (Å²) in [6, 6.07) is 0. The fraction of sp³-hybridized carbons (Fsp3) is 1.00. The van der Waals surface area contributed by atoms with Gasteiger partial charge >= 0.3 is 0 Å². The van der Waals surface area contributed by atoms with Crippen LogP contribution in [0.25, 0.3) is 0 Å². The molecular weight excluding hydrogens is 528 g/mol. The van der Waals surface area contributed by atoms with Crippen LogP contribution in [0.2, 0.25) is 0 Å². The molecular formula is C44H90. The smallest absolute Gasteiger partial charge is 0.0417 e. The van der Waals surface area contributed by atoms with Crippen LogP contribution in [0.5, 0.6) is 0 Å². The van der Waals surface area contributed by atoms with E-state index in [-0.39, 0.29) is 0 Å². The molecule has 0 heterocycles. The Morgan fingerprint density at radius 1 is 0.205 bits per heavy atom. The third-order valence-corrected chi connectivity index (χ3v) is 10.8. The van der Waals surface area contributed by atoms with Crippen molar-refractivity contribution in [1.82, 2.24) is 0 Å². The largest absolute Gasteiger partial charge is 0.0654 e. The maximum atomic E-state index is 2.44. The highest BCUT2D eigenvalue weighted by atomic mass is 14.1. The van der Waals surface area contributed by atoms with Crippen molar-refractivity contribution >= 4 is 0 Å². The topological polar surface area (TPSA) is 0 Å². The van der Waals surface area contributed by atoms with E-state index in [4.69, 9.17) is 0 Å². The molecule has 1 unspecified atom stereocenters. The van der Waals surface area contributed by atoms with E-state index in [1.165, 1.54) is 257 Å². The van der Waals surface area contributed by atoms with Crippen molar-refractivity contribution < 1.29 is 0 Å². The van der Waals surface area contributed by atoms with Gasteiger partial charge in [-0.15, -0.1) is 0 Å². The molecule has 0 aliphatic carbocycles. The van der Waals surface area contributed by atoms with Crippen LogP contribution in [0.1, 0.15) is 278 Å². The zero-order chi connectivity index (χ0) is 31.9. The van der Waals surface area contributed by atoms with Gasteiger partial charge in [0, 0.05) is 0 Å². The monoisotopic (exact) mass is 619 g/mol. The van der Waals surface area contributed by atoms with Gasteiger partial charge in [-0.3, -0.25) is 0 Å². The maximum absolute atomic E-state index is 2.44. The first-order valence-electron chi connectivity index (χ1n) is 21.8. The normalized spacial score (nSPS) is 12.3. The second-order valence-corrected chi connectivity index (χ2v) is 15.2. The highest BCUT2D eigenvalue weighted by molar-refractivity contribution is 4.60. The van der Waals surface area contributed by atoms with Gasteiger partial charge in [-0.25, -0.2) is 0 Å². The van der Waals surface area contributed by atoms with Crippen molar-refractivity contribution in [3.63, 3.8) is 0 Å². The molecule has 1 atom stereocenters. The highest BCUT2D eigenvalue weighted by Gasteiger charge is 2.06. The van der Waals surface area contributed by atoms with Crippen molar-refractivity contribution in [2.75, 3.05) is 0 Å². The Labute approximate surface area is 282 Å². The number of hydrogen-bond donors (Lipinski definition) is 0. The Bertz CT molecular complexity index is 467. The molecule has 0 aromatic heterocycles. The van der Waals surface area contributed by atoms with Gasteiger partial charge in [0.25, 0.3) is 0 Å². The minimum Gasteiger partial charge on any atom is -0.0654 e. The van der Waals surface area contributed by atoms with E-state index in [0.717, 1.165) is 5.92 Å². The van der Waals surface area contributed by atoms with E-state index >= 15 is 0 Å². The molecule has 0 fully saturated rings. The van der Waals surface area contributed by atoms with E-state index in [1.54, 1.807) is 0 Å². The molecule has 0 aliphatic rings. The van der Waals surface area contributed by atoms with E-state index in [2.05, 4.69) is 20.8 Å². The predicted octanol–water partition coefficient (Wildman–Crippen LogP) is 17.3. The zero-order valence-electron chi connectivity index (χ0n) is 31.9. The Morgan fingerprint density at radius 2 is 0.364 bits per heavy atom. The Morgan fingerprint density at radius 3 is 0.523 bits per heavy atom. The molecule has 0 aromatic rings. The molecule has 0 amide bonds. The lowest BCUT2D eigenvalue weighted by atomic mass is 9.92. The lowest BCUT2D eigenvalue weighted by Crippen LogP contribution is -1.99. The maximum Gasteiger partial charge on any atom is -0.0417 e. The Balaban J connectivity index is 3.22. The van der Waals surface area contributed by atoms with Crippen LogP contribution in [-0.4, -0.2) is 0 Å². The summed E-state index contributed by atoms with van der Waals surface area (Å²) in [6.07, 6.45) is 59.3. The van der Waals surface area contributed by atoms with Gasteiger partial charge in [0.2, 0.25) is 0 Å². The average Bonchev–Trinajstić information content (AvgIpc) is 3.04. The summed E-state index contributed by atoms with van der Waals surface area (Å²) < 4.78 is 0. The standard InChI is InChI=1S/C44H90/c1-4-7-9-11-13-15-17-19-21-22-23-24-25-26-27-28-29-31-33-35-37-39-41-43-44(6-3)42-40-38-36-34-32-30-20-18-16-14-12-10-8-5-2/h44H,4-43H2,1-3H3. The lowest BCUT2D eigenvalue weighted by molar-refractivity contribution is 0.392. The van der Waals surface area contributed by atoms with E-state index in [1.807, 2.05) is 0 Å². The van der Waals surface area contributed by atoms with Crippen LogP contribution in [0.3, 0.4) is 0 Å². The summed E-state index contributed by atoms with van der Waals surface area (Å²) in [5.74, 6) is 1.02. The zero-order valence-corrected chi connectivity index (χ0v) is 31.9. The van der Waals surface area contributed by atoms with E-state index < -0.39 is 0 Å². The Hall–Kier alpha value is 0. The number of rotatable bonds is 40. The highest BCUT2D eigenvalue weighted by Crippen LogP contribution is 2.22. The molecule has 0 aromatic carbocycles. The van der Waals surface area contributed by atoms with Gasteiger partial charge in [-0.2, -0.15) is 0 Å². The first-order valence-corrected chi connectivity index (χ1v) is 21.8. The van der Waals surface area contributed by atoms with Crippen molar-refractivity contribution in [3.05, 3.63) is 0 Å². The van der Waals surface area contributed by atoms with Gasteiger partial charge in [-0.1, -0.05) is 278 Å². The van der Waals surface area contributed by atoms with Crippen molar-refractivity contribution in [2.24, 2.45) is 5.92 Å². The predicted molar refractivity (Wildman–Crippen MR) is 205 cm³/mol. The summed E-state index contributed by atoms with van der Waals surface area (Å²) >= 11 is 0. The van der Waals surface area contributed by atoms with Crippen molar-refractivity contribution in [2.45, 2.75) is 278 Å². The summed E-state index contributed by atoms with van der Waals surface area (Å²) in [6.45, 7) is 7.06. The quantitative estimate of drug-likeness (QED) is 0.0599. The summed E-state index contributed by atoms with van der Waals surface area (Å²) in [4.78, 5) is 0. The minimum atomic E-state index is 1.02. The summed E-state index contributed by atoms with van der Waals surface area (Å²) in [7, 11) is 0. The molecule has 0 radical (unpaired) electrons. The van der Waals surface area contributed by atoms with Crippen LogP contribution in [0, 0.1) is 5.92 Å². The van der Waals surface area contributed by atoms with Gasteiger partial charge in [0.05, 0.1) is 0 Å². The first-order chi connectivity index (χ1) is 21.8. The SMILES string of the molecule is CCCCCCCCCCCCCCCCCCCCCCCCCC(CC)CCCCCCCCCCCCCCCC. The first kappa shape index (κ1) is 44.0. The van der Waals surface area contributed by atoms with E-state index in [9.17, 15) is 0 Å². The van der Waals surface area contributed by atoms with Gasteiger partial charge in [0.15, 0.2) is 0 Å². The molecule has 44 heavy (non-hydrogen) atoms. The molecule has 0 aliphatic heterocycles. The molecule has 0 saturated heterocycles. The van der Waals surface area contributed by atoms with E-state index in [0.29, 0.717) is 0 Å². The van der Waals surface area contributed by atoms with Gasteiger partial charge in [-0.05, 0) is 5.92 Å². The van der Waals surface area contributed by atoms with Gasteiger partial charge < -0.3 is 0 Å². The third kappa shape index (κ3) is 38.2. The molecule has 0 N–H and O–H groups in total. The molecule has 0 nitrogen and oxygen atoms in total. The summed E-state index contributed by atoms with van der Waals surface area (Å²) in [5, 5.41) is 0. The minimum absolute atomic E-state index is 1.02. The van der Waals surface area contributed by atoms with Crippen molar-refractivity contribution in [1.29, 1.82) is 0 Å². The van der Waals surface area contributed by atoms with Crippen LogP contribution >= 0.6 is 0 Å². The molecule has 0 saturated carbocycles. The fourth-order valence-electron chi connectivity index (χ4n) is 7.40.